The number of esters is 1. The van der Waals surface area contributed by atoms with E-state index in [1.54, 1.807) is 27.9 Å². The van der Waals surface area contributed by atoms with Crippen LogP contribution in [-0.2, 0) is 22.4 Å². The maximum atomic E-state index is 12.7. The van der Waals surface area contributed by atoms with Crippen LogP contribution in [0.1, 0.15) is 62.0 Å². The molecule has 6 nitrogen and oxygen atoms in total. The van der Waals surface area contributed by atoms with Crippen molar-refractivity contribution in [3.63, 3.8) is 0 Å². The van der Waals surface area contributed by atoms with Gasteiger partial charge in [0.2, 0.25) is 0 Å². The highest BCUT2D eigenvalue weighted by Crippen LogP contribution is 2.22. The fourth-order valence-electron chi connectivity index (χ4n) is 3.25. The van der Waals surface area contributed by atoms with Gasteiger partial charge in [-0.05, 0) is 75.4 Å². The molecule has 0 heterocycles. The summed E-state index contributed by atoms with van der Waals surface area (Å²) in [5.74, 6) is 0.621. The van der Waals surface area contributed by atoms with Crippen LogP contribution in [0.2, 0.25) is 0 Å². The monoisotopic (exact) mass is 441 g/mol. The van der Waals surface area contributed by atoms with E-state index in [1.807, 2.05) is 42.5 Å². The molecular weight excluding hydrogens is 406 g/mol. The molecule has 0 aliphatic rings. The molecule has 2 aromatic rings. The Hall–Kier alpha value is -3.02. The first kappa shape index (κ1) is 25.2. The van der Waals surface area contributed by atoms with Crippen LogP contribution in [0.5, 0.6) is 11.5 Å². The molecule has 0 saturated carbocycles. The van der Waals surface area contributed by atoms with E-state index >= 15 is 0 Å². The Kier molecular flexibility index (Phi) is 9.57. The number of carbonyl (C=O) groups is 2. The maximum Gasteiger partial charge on any atom is 0.349 e. The van der Waals surface area contributed by atoms with Crippen molar-refractivity contribution in [2.75, 3.05) is 20.3 Å². The van der Waals surface area contributed by atoms with Crippen LogP contribution < -0.4 is 14.8 Å². The summed E-state index contributed by atoms with van der Waals surface area (Å²) >= 11 is 0. The minimum atomic E-state index is -1.06. The number of benzene rings is 2. The van der Waals surface area contributed by atoms with E-state index in [0.717, 1.165) is 30.4 Å². The lowest BCUT2D eigenvalue weighted by molar-refractivity contribution is -0.158. The molecule has 2 rings (SSSR count). The number of hydrogen-bond acceptors (Lipinski definition) is 5. The summed E-state index contributed by atoms with van der Waals surface area (Å²) in [5, 5.41) is 2.98. The molecule has 0 bridgehead atoms. The van der Waals surface area contributed by atoms with Gasteiger partial charge >= 0.3 is 5.97 Å². The number of amides is 1. The van der Waals surface area contributed by atoms with Crippen molar-refractivity contribution in [1.82, 2.24) is 5.32 Å². The molecular formula is C26H35NO5. The molecule has 0 aliphatic heterocycles. The fraction of sp³-hybridized carbons (Fsp3) is 0.462. The third-order valence-corrected chi connectivity index (χ3v) is 5.09. The minimum absolute atomic E-state index is 0.142. The number of carbonyl (C=O) groups excluding carboxylic acids is 2. The lowest BCUT2D eigenvalue weighted by Crippen LogP contribution is -2.39. The second kappa shape index (κ2) is 12.1. The van der Waals surface area contributed by atoms with Gasteiger partial charge in [-0.15, -0.1) is 0 Å². The topological polar surface area (TPSA) is 73.9 Å². The van der Waals surface area contributed by atoms with E-state index in [2.05, 4.69) is 12.2 Å². The molecule has 0 saturated heterocycles. The largest absolute Gasteiger partial charge is 0.496 e. The van der Waals surface area contributed by atoms with Crippen molar-refractivity contribution in [2.24, 2.45) is 0 Å². The van der Waals surface area contributed by atoms with Gasteiger partial charge in [0.1, 0.15) is 11.5 Å². The van der Waals surface area contributed by atoms with Crippen LogP contribution in [-0.4, -0.2) is 37.7 Å². The van der Waals surface area contributed by atoms with E-state index in [-0.39, 0.29) is 5.91 Å². The molecule has 2 aromatic carbocycles. The first-order valence-electron chi connectivity index (χ1n) is 11.2. The first-order chi connectivity index (χ1) is 15.3. The molecule has 0 atom stereocenters. The van der Waals surface area contributed by atoms with E-state index < -0.39 is 11.6 Å². The van der Waals surface area contributed by atoms with Gasteiger partial charge in [-0.3, -0.25) is 4.79 Å². The Morgan fingerprint density at radius 2 is 1.66 bits per heavy atom. The molecule has 0 aliphatic carbocycles. The number of rotatable bonds is 12. The highest BCUT2D eigenvalue weighted by molar-refractivity contribution is 5.97. The van der Waals surface area contributed by atoms with Crippen molar-refractivity contribution >= 4 is 11.9 Å². The molecule has 0 unspecified atom stereocenters. The van der Waals surface area contributed by atoms with E-state index in [4.69, 9.17) is 14.2 Å². The average molecular weight is 442 g/mol. The zero-order valence-electron chi connectivity index (χ0n) is 19.8. The van der Waals surface area contributed by atoms with E-state index in [0.29, 0.717) is 36.6 Å². The summed E-state index contributed by atoms with van der Waals surface area (Å²) in [7, 11) is 1.57. The van der Waals surface area contributed by atoms with Crippen LogP contribution in [0, 0.1) is 0 Å². The SMILES string of the molecule is CCCCc1ccc(OC)c(C(=O)NCCc2ccc(OC(C)(C)C(=O)OCC)cc2)c1. The second-order valence-electron chi connectivity index (χ2n) is 8.12. The van der Waals surface area contributed by atoms with Crippen LogP contribution in [0.4, 0.5) is 0 Å². The van der Waals surface area contributed by atoms with Crippen molar-refractivity contribution in [2.45, 2.75) is 59.0 Å². The Morgan fingerprint density at radius 3 is 2.28 bits per heavy atom. The highest BCUT2D eigenvalue weighted by atomic mass is 16.6. The number of nitrogens with one attached hydrogen (secondary N) is 1. The first-order valence-corrected chi connectivity index (χ1v) is 11.2. The zero-order valence-corrected chi connectivity index (χ0v) is 19.8. The van der Waals surface area contributed by atoms with Crippen molar-refractivity contribution < 1.29 is 23.8 Å². The third-order valence-electron chi connectivity index (χ3n) is 5.09. The average Bonchev–Trinajstić information content (AvgIpc) is 2.78. The Balaban J connectivity index is 1.92. The van der Waals surface area contributed by atoms with E-state index in [9.17, 15) is 9.59 Å². The molecule has 0 spiro atoms. The minimum Gasteiger partial charge on any atom is -0.496 e. The Morgan fingerprint density at radius 1 is 0.969 bits per heavy atom. The predicted molar refractivity (Wildman–Crippen MR) is 125 cm³/mol. The summed E-state index contributed by atoms with van der Waals surface area (Å²) in [4.78, 5) is 24.7. The van der Waals surface area contributed by atoms with Gasteiger partial charge in [0.15, 0.2) is 5.60 Å². The van der Waals surface area contributed by atoms with Crippen molar-refractivity contribution in [3.05, 3.63) is 59.2 Å². The number of methoxy groups -OCH3 is 1. The van der Waals surface area contributed by atoms with Gasteiger partial charge in [-0.1, -0.05) is 31.5 Å². The summed E-state index contributed by atoms with van der Waals surface area (Å²) in [5.41, 5.74) is 1.69. The lowest BCUT2D eigenvalue weighted by Gasteiger charge is -2.24. The van der Waals surface area contributed by atoms with Gasteiger partial charge in [0, 0.05) is 6.54 Å². The van der Waals surface area contributed by atoms with Crippen molar-refractivity contribution in [3.8, 4) is 11.5 Å². The van der Waals surface area contributed by atoms with Crippen LogP contribution in [0.15, 0.2) is 42.5 Å². The molecule has 6 heteroatoms. The number of hydrogen-bond donors (Lipinski definition) is 1. The lowest BCUT2D eigenvalue weighted by atomic mass is 10.0. The third kappa shape index (κ3) is 7.29. The molecule has 1 N–H and O–H groups in total. The molecule has 0 fully saturated rings. The van der Waals surface area contributed by atoms with Gasteiger partial charge in [0.25, 0.3) is 5.91 Å². The summed E-state index contributed by atoms with van der Waals surface area (Å²) in [6, 6.07) is 13.3. The van der Waals surface area contributed by atoms with Crippen LogP contribution in [0.3, 0.4) is 0 Å². The molecule has 1 amide bonds. The standard InChI is InChI=1S/C26H35NO5/c1-6-8-9-20-12-15-23(30-5)22(18-20)24(28)27-17-16-19-10-13-21(14-11-19)32-26(3,4)25(29)31-7-2/h10-15,18H,6-9,16-17H2,1-5H3,(H,27,28). The Bertz CT molecular complexity index is 890. The van der Waals surface area contributed by atoms with Crippen molar-refractivity contribution in [1.29, 1.82) is 0 Å². The molecule has 0 aromatic heterocycles. The molecule has 32 heavy (non-hydrogen) atoms. The second-order valence-corrected chi connectivity index (χ2v) is 8.12. The van der Waals surface area contributed by atoms with E-state index in [1.165, 1.54) is 0 Å². The highest BCUT2D eigenvalue weighted by Gasteiger charge is 2.31. The normalized spacial score (nSPS) is 11.0. The smallest absolute Gasteiger partial charge is 0.349 e. The quantitative estimate of drug-likeness (QED) is 0.482. The predicted octanol–water partition coefficient (Wildman–Crippen LogP) is 4.73. The summed E-state index contributed by atoms with van der Waals surface area (Å²) < 4.78 is 16.2. The van der Waals surface area contributed by atoms with Gasteiger partial charge in [-0.25, -0.2) is 4.79 Å². The fourth-order valence-corrected chi connectivity index (χ4v) is 3.25. The maximum absolute atomic E-state index is 12.7. The Labute approximate surface area is 191 Å². The van der Waals surface area contributed by atoms with Crippen LogP contribution in [0.25, 0.3) is 0 Å². The number of aryl methyl sites for hydroxylation is 1. The zero-order chi connectivity index (χ0) is 23.6. The van der Waals surface area contributed by atoms with Gasteiger partial charge in [-0.2, -0.15) is 0 Å². The van der Waals surface area contributed by atoms with Gasteiger partial charge < -0.3 is 19.5 Å². The molecule has 174 valence electrons. The number of ether oxygens (including phenoxy) is 3. The van der Waals surface area contributed by atoms with Gasteiger partial charge in [0.05, 0.1) is 19.3 Å². The summed E-state index contributed by atoms with van der Waals surface area (Å²) in [6.07, 6.45) is 3.81. The molecule has 0 radical (unpaired) electrons. The number of unbranched alkanes of at least 4 members (excludes halogenated alkanes) is 1. The summed E-state index contributed by atoms with van der Waals surface area (Å²) in [6.45, 7) is 8.08. The van der Waals surface area contributed by atoms with Crippen LogP contribution >= 0.6 is 0 Å².